The summed E-state index contributed by atoms with van der Waals surface area (Å²) < 4.78 is 0. The lowest BCUT2D eigenvalue weighted by molar-refractivity contribution is -0.130. The molecule has 0 unspecified atom stereocenters. The van der Waals surface area contributed by atoms with Crippen molar-refractivity contribution in [2.45, 2.75) is 31.3 Å². The third-order valence-electron chi connectivity index (χ3n) is 3.19. The zero-order valence-electron chi connectivity index (χ0n) is 10.1. The highest BCUT2D eigenvalue weighted by Crippen LogP contribution is 2.13. The van der Waals surface area contributed by atoms with Gasteiger partial charge in [0.2, 0.25) is 17.7 Å². The van der Waals surface area contributed by atoms with Crippen LogP contribution in [0, 0.1) is 0 Å². The zero-order valence-corrected chi connectivity index (χ0v) is 10.1. The number of nitrogens with one attached hydrogen (secondary N) is 4. The molecule has 2 aliphatic heterocycles. The molecular weight excluding hydrogens is 236 g/mol. The van der Waals surface area contributed by atoms with E-state index in [9.17, 15) is 14.4 Å². The number of carbonyl (C=O) groups is 3. The van der Waals surface area contributed by atoms with Crippen LogP contribution >= 0.6 is 0 Å². The van der Waals surface area contributed by atoms with Crippen LogP contribution < -0.4 is 21.3 Å². The molecule has 2 atom stereocenters. The van der Waals surface area contributed by atoms with Gasteiger partial charge < -0.3 is 16.0 Å². The number of amides is 3. The van der Waals surface area contributed by atoms with E-state index < -0.39 is 0 Å². The summed E-state index contributed by atoms with van der Waals surface area (Å²) in [5.74, 6) is -0.573. The number of hydrogen-bond acceptors (Lipinski definition) is 4. The van der Waals surface area contributed by atoms with Crippen LogP contribution in [0.25, 0.3) is 0 Å². The van der Waals surface area contributed by atoms with Crippen LogP contribution in [0.15, 0.2) is 0 Å². The highest BCUT2D eigenvalue weighted by molar-refractivity contribution is 5.89. The second kappa shape index (κ2) is 5.81. The summed E-state index contributed by atoms with van der Waals surface area (Å²) in [4.78, 5) is 35.0. The lowest BCUT2D eigenvalue weighted by Gasteiger charge is -2.29. The van der Waals surface area contributed by atoms with Crippen molar-refractivity contribution in [3.8, 4) is 0 Å². The second-order valence-electron chi connectivity index (χ2n) is 4.56. The largest absolute Gasteiger partial charge is 0.353 e. The number of rotatable bonds is 0. The lowest BCUT2D eigenvalue weighted by Crippen LogP contribution is -2.57. The monoisotopic (exact) mass is 254 g/mol. The maximum atomic E-state index is 11.8. The SMILES string of the molecule is O=C1CNC(=O)[C@@H]2CCC[C@@H](N2)C(=O)NCCN1. The Morgan fingerprint density at radius 2 is 1.44 bits per heavy atom. The number of fused-ring (bicyclic) bond motifs is 2. The predicted octanol–water partition coefficient (Wildman–Crippen LogP) is -2.14. The highest BCUT2D eigenvalue weighted by Gasteiger charge is 2.30. The van der Waals surface area contributed by atoms with Gasteiger partial charge in [-0.25, -0.2) is 0 Å². The van der Waals surface area contributed by atoms with Crippen LogP contribution in [0.5, 0.6) is 0 Å². The molecule has 0 aliphatic carbocycles. The maximum Gasteiger partial charge on any atom is 0.239 e. The smallest absolute Gasteiger partial charge is 0.239 e. The molecule has 7 heteroatoms. The van der Waals surface area contributed by atoms with Gasteiger partial charge in [-0.3, -0.25) is 19.7 Å². The molecule has 4 N–H and O–H groups in total. The first-order valence-corrected chi connectivity index (χ1v) is 6.25. The predicted molar refractivity (Wildman–Crippen MR) is 63.6 cm³/mol. The van der Waals surface area contributed by atoms with Gasteiger partial charge in [-0.05, 0) is 19.3 Å². The van der Waals surface area contributed by atoms with E-state index in [0.29, 0.717) is 19.5 Å². The summed E-state index contributed by atoms with van der Waals surface area (Å²) in [6, 6.07) is -0.702. The third-order valence-corrected chi connectivity index (χ3v) is 3.19. The molecule has 2 aliphatic rings. The fourth-order valence-electron chi connectivity index (χ4n) is 2.21. The third kappa shape index (κ3) is 3.19. The Kier molecular flexibility index (Phi) is 4.14. The molecule has 7 nitrogen and oxygen atoms in total. The van der Waals surface area contributed by atoms with Crippen LogP contribution in [0.3, 0.4) is 0 Å². The minimum absolute atomic E-state index is 0.0182. The Morgan fingerprint density at radius 1 is 0.833 bits per heavy atom. The van der Waals surface area contributed by atoms with Gasteiger partial charge in [0.05, 0.1) is 18.6 Å². The molecule has 100 valence electrons. The number of carbonyl (C=O) groups excluding carboxylic acids is 3. The first-order valence-electron chi connectivity index (χ1n) is 6.25. The van der Waals surface area contributed by atoms with Gasteiger partial charge in [0.25, 0.3) is 0 Å². The van der Waals surface area contributed by atoms with Gasteiger partial charge in [0, 0.05) is 13.1 Å². The molecule has 2 saturated heterocycles. The second-order valence-corrected chi connectivity index (χ2v) is 4.56. The van der Waals surface area contributed by atoms with Crippen molar-refractivity contribution < 1.29 is 14.4 Å². The van der Waals surface area contributed by atoms with E-state index in [1.54, 1.807) is 0 Å². The van der Waals surface area contributed by atoms with Gasteiger partial charge in [0.15, 0.2) is 0 Å². The molecule has 0 radical (unpaired) electrons. The molecule has 0 aromatic rings. The molecule has 2 bridgehead atoms. The van der Waals surface area contributed by atoms with Crippen LogP contribution in [0.2, 0.25) is 0 Å². The molecule has 2 fully saturated rings. The highest BCUT2D eigenvalue weighted by atomic mass is 16.2. The van der Waals surface area contributed by atoms with Crippen molar-refractivity contribution in [3.63, 3.8) is 0 Å². The molecule has 0 aromatic heterocycles. The van der Waals surface area contributed by atoms with Crippen LogP contribution in [-0.2, 0) is 14.4 Å². The Balaban J connectivity index is 2.03. The average molecular weight is 254 g/mol. The summed E-state index contributed by atoms with van der Waals surface area (Å²) in [5.41, 5.74) is 0. The van der Waals surface area contributed by atoms with Crippen LogP contribution in [0.4, 0.5) is 0 Å². The van der Waals surface area contributed by atoms with Gasteiger partial charge in [-0.15, -0.1) is 0 Å². The maximum absolute atomic E-state index is 11.8. The Bertz CT molecular complexity index is 358. The Hall–Kier alpha value is -1.63. The summed E-state index contributed by atoms with van der Waals surface area (Å²) in [6.07, 6.45) is 2.26. The quantitative estimate of drug-likeness (QED) is 0.396. The Morgan fingerprint density at radius 3 is 2.17 bits per heavy atom. The summed E-state index contributed by atoms with van der Waals surface area (Å²) >= 11 is 0. The van der Waals surface area contributed by atoms with E-state index in [-0.39, 0.29) is 36.3 Å². The standard InChI is InChI=1S/C11H18N4O3/c16-9-6-14-11(18)8-3-1-2-7(15-8)10(17)13-5-4-12-9/h7-8,15H,1-6H2,(H,12,16)(H,13,17)(H,14,18)/t7-,8+/m1/s1. The first kappa shape index (κ1) is 12.8. The molecule has 2 heterocycles. The van der Waals surface area contributed by atoms with Gasteiger partial charge >= 0.3 is 0 Å². The molecule has 0 spiro atoms. The zero-order chi connectivity index (χ0) is 13.0. The van der Waals surface area contributed by atoms with Crippen molar-refractivity contribution in [3.05, 3.63) is 0 Å². The van der Waals surface area contributed by atoms with E-state index in [2.05, 4.69) is 21.3 Å². The minimum atomic E-state index is -0.387. The molecule has 18 heavy (non-hydrogen) atoms. The van der Waals surface area contributed by atoms with Crippen LogP contribution in [0.1, 0.15) is 19.3 Å². The van der Waals surface area contributed by atoms with Crippen molar-refractivity contribution in [2.24, 2.45) is 0 Å². The fraction of sp³-hybridized carbons (Fsp3) is 0.727. The molecule has 2 rings (SSSR count). The van der Waals surface area contributed by atoms with E-state index in [1.807, 2.05) is 0 Å². The molecular formula is C11H18N4O3. The minimum Gasteiger partial charge on any atom is -0.353 e. The van der Waals surface area contributed by atoms with Crippen molar-refractivity contribution in [2.75, 3.05) is 19.6 Å². The van der Waals surface area contributed by atoms with E-state index in [1.165, 1.54) is 0 Å². The number of piperidine rings is 1. The fourth-order valence-corrected chi connectivity index (χ4v) is 2.21. The van der Waals surface area contributed by atoms with Gasteiger partial charge in [-0.2, -0.15) is 0 Å². The van der Waals surface area contributed by atoms with Crippen molar-refractivity contribution >= 4 is 17.7 Å². The summed E-state index contributed by atoms with van der Waals surface area (Å²) in [5, 5.41) is 11.0. The molecule has 3 amide bonds. The lowest BCUT2D eigenvalue weighted by atomic mass is 9.97. The summed E-state index contributed by atoms with van der Waals surface area (Å²) in [7, 11) is 0. The Labute approximate surface area is 105 Å². The van der Waals surface area contributed by atoms with Gasteiger partial charge in [-0.1, -0.05) is 0 Å². The van der Waals surface area contributed by atoms with Crippen molar-refractivity contribution in [1.29, 1.82) is 0 Å². The molecule has 0 aromatic carbocycles. The molecule has 0 saturated carbocycles. The van der Waals surface area contributed by atoms with Crippen molar-refractivity contribution in [1.82, 2.24) is 21.3 Å². The first-order chi connectivity index (χ1) is 8.66. The topological polar surface area (TPSA) is 99.3 Å². The summed E-state index contributed by atoms with van der Waals surface area (Å²) in [6.45, 7) is 0.758. The van der Waals surface area contributed by atoms with Gasteiger partial charge in [0.1, 0.15) is 0 Å². The van der Waals surface area contributed by atoms with E-state index in [4.69, 9.17) is 0 Å². The normalized spacial score (nSPS) is 30.3. The van der Waals surface area contributed by atoms with E-state index >= 15 is 0 Å². The van der Waals surface area contributed by atoms with Crippen LogP contribution in [-0.4, -0.2) is 49.4 Å². The average Bonchev–Trinajstić information content (AvgIpc) is 2.40. The van der Waals surface area contributed by atoms with E-state index in [0.717, 1.165) is 12.8 Å². The number of hydrogen-bond donors (Lipinski definition) is 4.